The normalized spacial score (nSPS) is 21.5. The number of ether oxygens (including phenoxy) is 1. The Labute approximate surface area is 78.7 Å². The summed E-state index contributed by atoms with van der Waals surface area (Å²) in [7, 11) is 1.77. The Morgan fingerprint density at radius 1 is 1.69 bits per heavy atom. The fourth-order valence-electron chi connectivity index (χ4n) is 2.04. The molecule has 0 aromatic carbocycles. The Morgan fingerprint density at radius 2 is 2.54 bits per heavy atom. The molecule has 0 radical (unpaired) electrons. The van der Waals surface area contributed by atoms with Crippen LogP contribution in [0, 0.1) is 12.8 Å². The second-order valence-corrected chi connectivity index (χ2v) is 3.82. The smallest absolute Gasteiger partial charge is 0.0521 e. The molecule has 1 aromatic heterocycles. The van der Waals surface area contributed by atoms with Crippen LogP contribution in [0.25, 0.3) is 0 Å². The molecule has 0 fully saturated rings. The highest BCUT2D eigenvalue weighted by atomic mass is 16.5. The molecule has 0 aliphatic carbocycles. The summed E-state index contributed by atoms with van der Waals surface area (Å²) in [6.45, 7) is 4.02. The van der Waals surface area contributed by atoms with Crippen LogP contribution < -0.4 is 0 Å². The average Bonchev–Trinajstić information content (AvgIpc) is 2.48. The summed E-state index contributed by atoms with van der Waals surface area (Å²) in [6, 6.07) is 0. The molecule has 0 bridgehead atoms. The summed E-state index contributed by atoms with van der Waals surface area (Å²) >= 11 is 0. The first-order chi connectivity index (χ1) is 6.31. The molecule has 0 saturated carbocycles. The van der Waals surface area contributed by atoms with Crippen LogP contribution in [0.15, 0.2) is 6.20 Å². The van der Waals surface area contributed by atoms with Gasteiger partial charge in [-0.25, -0.2) is 0 Å². The Kier molecular flexibility index (Phi) is 2.36. The summed E-state index contributed by atoms with van der Waals surface area (Å²) in [5.74, 6) is 0.650. The van der Waals surface area contributed by atoms with Crippen molar-refractivity contribution in [3.63, 3.8) is 0 Å². The van der Waals surface area contributed by atoms with E-state index in [1.165, 1.54) is 17.7 Å². The number of aromatic nitrogens is 2. The summed E-state index contributed by atoms with van der Waals surface area (Å²) in [5.41, 5.74) is 2.74. The Morgan fingerprint density at radius 3 is 3.31 bits per heavy atom. The summed E-state index contributed by atoms with van der Waals surface area (Å²) in [6.07, 6.45) is 4.35. The highest BCUT2D eigenvalue weighted by Crippen LogP contribution is 2.21. The summed E-state index contributed by atoms with van der Waals surface area (Å²) in [4.78, 5) is 0. The first-order valence-electron chi connectivity index (χ1n) is 4.81. The molecular weight excluding hydrogens is 164 g/mol. The lowest BCUT2D eigenvalue weighted by Gasteiger charge is -2.23. The van der Waals surface area contributed by atoms with Crippen LogP contribution in [0.1, 0.15) is 17.7 Å². The quantitative estimate of drug-likeness (QED) is 0.688. The third kappa shape index (κ3) is 1.61. The minimum atomic E-state index is 0.650. The summed E-state index contributed by atoms with van der Waals surface area (Å²) in [5, 5.41) is 4.35. The van der Waals surface area contributed by atoms with E-state index in [0.29, 0.717) is 5.92 Å². The molecule has 2 heterocycles. The molecule has 0 amide bonds. The first kappa shape index (κ1) is 8.75. The zero-order valence-electron chi connectivity index (χ0n) is 8.29. The monoisotopic (exact) mass is 180 g/mol. The van der Waals surface area contributed by atoms with Gasteiger partial charge in [0.2, 0.25) is 0 Å². The van der Waals surface area contributed by atoms with Gasteiger partial charge in [-0.15, -0.1) is 0 Å². The van der Waals surface area contributed by atoms with E-state index >= 15 is 0 Å². The van der Waals surface area contributed by atoms with Gasteiger partial charge in [0.1, 0.15) is 0 Å². The van der Waals surface area contributed by atoms with Crippen molar-refractivity contribution in [2.45, 2.75) is 26.3 Å². The number of fused-ring (bicyclic) bond motifs is 1. The maximum absolute atomic E-state index is 5.16. The lowest BCUT2D eigenvalue weighted by atomic mass is 9.98. The Hall–Kier alpha value is -0.830. The number of hydrogen-bond acceptors (Lipinski definition) is 2. The van der Waals surface area contributed by atoms with Crippen LogP contribution in [0.5, 0.6) is 0 Å². The number of methoxy groups -OCH3 is 1. The van der Waals surface area contributed by atoms with Crippen molar-refractivity contribution in [1.82, 2.24) is 9.78 Å². The molecule has 0 spiro atoms. The topological polar surface area (TPSA) is 27.1 Å². The predicted molar refractivity (Wildman–Crippen MR) is 50.7 cm³/mol. The highest BCUT2D eigenvalue weighted by Gasteiger charge is 2.19. The van der Waals surface area contributed by atoms with Crippen molar-refractivity contribution < 1.29 is 4.74 Å². The van der Waals surface area contributed by atoms with Crippen LogP contribution in [-0.2, 0) is 17.7 Å². The van der Waals surface area contributed by atoms with Crippen molar-refractivity contribution in [1.29, 1.82) is 0 Å². The van der Waals surface area contributed by atoms with Gasteiger partial charge in [0, 0.05) is 25.3 Å². The number of nitrogens with zero attached hydrogens (tertiary/aromatic N) is 2. The third-order valence-corrected chi connectivity index (χ3v) is 2.78. The van der Waals surface area contributed by atoms with E-state index in [-0.39, 0.29) is 0 Å². The minimum Gasteiger partial charge on any atom is -0.384 e. The van der Waals surface area contributed by atoms with E-state index in [0.717, 1.165) is 19.6 Å². The molecule has 1 aliphatic heterocycles. The maximum Gasteiger partial charge on any atom is 0.0521 e. The zero-order chi connectivity index (χ0) is 9.26. The molecule has 3 heteroatoms. The molecule has 1 atom stereocenters. The number of rotatable bonds is 2. The lowest BCUT2D eigenvalue weighted by Crippen LogP contribution is -2.24. The highest BCUT2D eigenvalue weighted by molar-refractivity contribution is 5.17. The van der Waals surface area contributed by atoms with Gasteiger partial charge < -0.3 is 4.74 Å². The third-order valence-electron chi connectivity index (χ3n) is 2.78. The van der Waals surface area contributed by atoms with Gasteiger partial charge >= 0.3 is 0 Å². The van der Waals surface area contributed by atoms with Crippen molar-refractivity contribution in [3.05, 3.63) is 17.5 Å². The van der Waals surface area contributed by atoms with E-state index in [1.54, 1.807) is 7.11 Å². The fourth-order valence-corrected chi connectivity index (χ4v) is 2.04. The Balaban J connectivity index is 2.11. The maximum atomic E-state index is 5.16. The van der Waals surface area contributed by atoms with Crippen molar-refractivity contribution >= 4 is 0 Å². The van der Waals surface area contributed by atoms with Crippen molar-refractivity contribution in [3.8, 4) is 0 Å². The number of hydrogen-bond donors (Lipinski definition) is 0. The molecular formula is C10H16N2O. The minimum absolute atomic E-state index is 0.650. The molecule has 0 N–H and O–H groups in total. The lowest BCUT2D eigenvalue weighted by molar-refractivity contribution is 0.129. The van der Waals surface area contributed by atoms with Gasteiger partial charge in [0.15, 0.2) is 0 Å². The molecule has 1 unspecified atom stereocenters. The van der Waals surface area contributed by atoms with E-state index < -0.39 is 0 Å². The second kappa shape index (κ2) is 3.50. The van der Waals surface area contributed by atoms with E-state index in [2.05, 4.69) is 16.7 Å². The van der Waals surface area contributed by atoms with Crippen LogP contribution in [0.2, 0.25) is 0 Å². The zero-order valence-corrected chi connectivity index (χ0v) is 8.29. The SMILES string of the molecule is COCC1CCc2c(C)cnn2C1. The van der Waals surface area contributed by atoms with E-state index in [9.17, 15) is 0 Å². The van der Waals surface area contributed by atoms with Crippen LogP contribution in [-0.4, -0.2) is 23.5 Å². The van der Waals surface area contributed by atoms with Crippen LogP contribution in [0.4, 0.5) is 0 Å². The molecule has 2 rings (SSSR count). The van der Waals surface area contributed by atoms with Gasteiger partial charge in [0.05, 0.1) is 12.8 Å². The summed E-state index contributed by atoms with van der Waals surface area (Å²) < 4.78 is 7.29. The van der Waals surface area contributed by atoms with Crippen LogP contribution >= 0.6 is 0 Å². The molecule has 0 saturated heterocycles. The van der Waals surface area contributed by atoms with Crippen molar-refractivity contribution in [2.75, 3.05) is 13.7 Å². The molecule has 1 aliphatic rings. The predicted octanol–water partition coefficient (Wildman–Crippen LogP) is 1.40. The van der Waals surface area contributed by atoms with E-state index in [4.69, 9.17) is 4.74 Å². The van der Waals surface area contributed by atoms with Gasteiger partial charge in [-0.3, -0.25) is 4.68 Å². The molecule has 3 nitrogen and oxygen atoms in total. The van der Waals surface area contributed by atoms with Gasteiger partial charge in [0.25, 0.3) is 0 Å². The van der Waals surface area contributed by atoms with Gasteiger partial charge in [-0.05, 0) is 25.3 Å². The first-order valence-corrected chi connectivity index (χ1v) is 4.81. The number of aryl methyl sites for hydroxylation is 1. The molecule has 1 aromatic rings. The fraction of sp³-hybridized carbons (Fsp3) is 0.700. The van der Waals surface area contributed by atoms with Crippen LogP contribution in [0.3, 0.4) is 0 Å². The van der Waals surface area contributed by atoms with Gasteiger partial charge in [-0.2, -0.15) is 5.10 Å². The molecule has 72 valence electrons. The van der Waals surface area contributed by atoms with E-state index in [1.807, 2.05) is 6.20 Å². The standard InChI is InChI=1S/C10H16N2O/c1-8-5-11-12-6-9(7-13-2)3-4-10(8)12/h5,9H,3-4,6-7H2,1-2H3. The largest absolute Gasteiger partial charge is 0.384 e. The van der Waals surface area contributed by atoms with Gasteiger partial charge in [-0.1, -0.05) is 0 Å². The van der Waals surface area contributed by atoms with Crippen molar-refractivity contribution in [2.24, 2.45) is 5.92 Å². The second-order valence-electron chi connectivity index (χ2n) is 3.82. The molecule has 13 heavy (non-hydrogen) atoms. The average molecular weight is 180 g/mol. The Bertz CT molecular complexity index is 293.